The molecule has 3 unspecified atom stereocenters. The molecular weight excluding hydrogens is 240 g/mol. The van der Waals surface area contributed by atoms with E-state index in [0.29, 0.717) is 18.3 Å². The summed E-state index contributed by atoms with van der Waals surface area (Å²) < 4.78 is 25.2. The lowest BCUT2D eigenvalue weighted by atomic mass is 9.94. The van der Waals surface area contributed by atoms with Gasteiger partial charge in [0.15, 0.2) is 0 Å². The summed E-state index contributed by atoms with van der Waals surface area (Å²) in [6.45, 7) is 2.63. The first kappa shape index (κ1) is 12.8. The predicted molar refractivity (Wildman–Crippen MR) is 64.8 cm³/mol. The molecule has 5 nitrogen and oxygen atoms in total. The smallest absolute Gasteiger partial charge is 0.250 e. The van der Waals surface area contributed by atoms with E-state index in [9.17, 15) is 13.2 Å². The molecule has 0 aromatic heterocycles. The number of sulfonamides is 1. The molecule has 0 spiro atoms. The predicted octanol–water partition coefficient (Wildman–Crippen LogP) is 0.231. The summed E-state index contributed by atoms with van der Waals surface area (Å²) in [5.41, 5.74) is 0. The van der Waals surface area contributed by atoms with Crippen LogP contribution in [0.15, 0.2) is 0 Å². The number of hydrogen-bond donors (Lipinski definition) is 2. The molecule has 1 heterocycles. The second-order valence-electron chi connectivity index (χ2n) is 5.03. The minimum absolute atomic E-state index is 0.0134. The number of hydrogen-bond acceptors (Lipinski definition) is 4. The number of carbonyl (C=O) groups is 1. The number of carbonyl (C=O) groups excluding carboxylic acids is 1. The molecule has 0 bridgehead atoms. The molecule has 1 amide bonds. The maximum atomic E-state index is 11.9. The summed E-state index contributed by atoms with van der Waals surface area (Å²) in [6.07, 6.45) is 3.86. The Kier molecular flexibility index (Phi) is 3.73. The molecule has 2 rings (SSSR count). The van der Waals surface area contributed by atoms with Crippen LogP contribution in [0.4, 0.5) is 0 Å². The van der Waals surface area contributed by atoms with Crippen molar-refractivity contribution in [2.45, 2.75) is 38.6 Å². The van der Waals surface area contributed by atoms with Crippen molar-refractivity contribution >= 4 is 15.9 Å². The third kappa shape index (κ3) is 2.80. The van der Waals surface area contributed by atoms with Crippen LogP contribution in [0.2, 0.25) is 0 Å². The fourth-order valence-corrected chi connectivity index (χ4v) is 4.08. The lowest BCUT2D eigenvalue weighted by molar-refractivity contribution is -0.122. The van der Waals surface area contributed by atoms with Gasteiger partial charge in [0.05, 0.1) is 11.8 Å². The normalized spacial score (nSPS) is 32.4. The van der Waals surface area contributed by atoms with Gasteiger partial charge in [-0.05, 0) is 37.6 Å². The Balaban J connectivity index is 1.97. The van der Waals surface area contributed by atoms with Gasteiger partial charge in [-0.15, -0.1) is 0 Å². The molecule has 0 aromatic carbocycles. The third-order valence-electron chi connectivity index (χ3n) is 3.76. The molecule has 0 aromatic rings. The van der Waals surface area contributed by atoms with E-state index in [-0.39, 0.29) is 17.7 Å². The summed E-state index contributed by atoms with van der Waals surface area (Å²) in [4.78, 5) is 11.9. The second kappa shape index (κ2) is 4.94. The largest absolute Gasteiger partial charge is 0.305 e. The Labute approximate surface area is 102 Å². The van der Waals surface area contributed by atoms with Crippen LogP contribution in [0.3, 0.4) is 0 Å². The van der Waals surface area contributed by atoms with Crippen LogP contribution < -0.4 is 10.0 Å². The van der Waals surface area contributed by atoms with Crippen molar-refractivity contribution in [1.29, 1.82) is 0 Å². The first-order chi connectivity index (χ1) is 8.03. The molecule has 98 valence electrons. The van der Waals surface area contributed by atoms with E-state index in [1.807, 2.05) is 0 Å². The molecule has 1 saturated heterocycles. The standard InChI is InChI=1S/C11H20N2O3S/c1-2-6-17(15,16)13-11(14)10-9-5-3-4-8(9)7-12-10/h8-10,12H,2-7H2,1H3,(H,13,14). The second-order valence-corrected chi connectivity index (χ2v) is 6.87. The van der Waals surface area contributed by atoms with Crippen molar-refractivity contribution in [3.05, 3.63) is 0 Å². The summed E-state index contributed by atoms with van der Waals surface area (Å²) in [5.74, 6) is 0.527. The van der Waals surface area contributed by atoms with Gasteiger partial charge in [0.2, 0.25) is 10.0 Å². The fourth-order valence-electron chi connectivity index (χ4n) is 3.01. The molecule has 3 atom stereocenters. The van der Waals surface area contributed by atoms with Crippen LogP contribution >= 0.6 is 0 Å². The molecule has 6 heteroatoms. The summed E-state index contributed by atoms with van der Waals surface area (Å²) >= 11 is 0. The fraction of sp³-hybridized carbons (Fsp3) is 0.909. The zero-order valence-electron chi connectivity index (χ0n) is 10.1. The van der Waals surface area contributed by atoms with Gasteiger partial charge < -0.3 is 5.32 Å². The molecule has 1 aliphatic heterocycles. The van der Waals surface area contributed by atoms with Gasteiger partial charge in [0.1, 0.15) is 0 Å². The zero-order chi connectivity index (χ0) is 12.5. The minimum Gasteiger partial charge on any atom is -0.305 e. The summed E-state index contributed by atoms with van der Waals surface area (Å²) in [6, 6.07) is -0.311. The van der Waals surface area contributed by atoms with E-state index >= 15 is 0 Å². The first-order valence-corrected chi connectivity index (χ1v) is 7.96. The van der Waals surface area contributed by atoms with Crippen molar-refractivity contribution in [3.63, 3.8) is 0 Å². The number of rotatable bonds is 4. The number of fused-ring (bicyclic) bond motifs is 1. The van der Waals surface area contributed by atoms with Crippen LogP contribution in [0.5, 0.6) is 0 Å². The van der Waals surface area contributed by atoms with Crippen LogP contribution in [0.1, 0.15) is 32.6 Å². The van der Waals surface area contributed by atoms with Crippen molar-refractivity contribution < 1.29 is 13.2 Å². The summed E-state index contributed by atoms with van der Waals surface area (Å²) in [5, 5.41) is 3.15. The topological polar surface area (TPSA) is 75.3 Å². The highest BCUT2D eigenvalue weighted by Crippen LogP contribution is 2.37. The van der Waals surface area contributed by atoms with Crippen LogP contribution in [0.25, 0.3) is 0 Å². The quantitative estimate of drug-likeness (QED) is 0.759. The van der Waals surface area contributed by atoms with Crippen LogP contribution in [0, 0.1) is 11.8 Å². The van der Waals surface area contributed by atoms with Gasteiger partial charge in [-0.3, -0.25) is 9.52 Å². The maximum Gasteiger partial charge on any atom is 0.250 e. The van der Waals surface area contributed by atoms with E-state index in [1.165, 1.54) is 0 Å². The van der Waals surface area contributed by atoms with Crippen molar-refractivity contribution in [2.24, 2.45) is 11.8 Å². The molecule has 2 aliphatic rings. The number of amides is 1. The zero-order valence-corrected chi connectivity index (χ0v) is 10.9. The van der Waals surface area contributed by atoms with Crippen molar-refractivity contribution in [1.82, 2.24) is 10.0 Å². The van der Waals surface area contributed by atoms with Gasteiger partial charge >= 0.3 is 0 Å². The number of nitrogens with one attached hydrogen (secondary N) is 2. The molecule has 0 radical (unpaired) electrons. The first-order valence-electron chi connectivity index (χ1n) is 6.31. The highest BCUT2D eigenvalue weighted by molar-refractivity contribution is 7.90. The molecule has 2 fully saturated rings. The van der Waals surface area contributed by atoms with E-state index < -0.39 is 10.0 Å². The Morgan fingerprint density at radius 2 is 2.18 bits per heavy atom. The summed E-state index contributed by atoms with van der Waals surface area (Å²) in [7, 11) is -3.44. The van der Waals surface area contributed by atoms with E-state index in [0.717, 1.165) is 25.8 Å². The lowest BCUT2D eigenvalue weighted by Gasteiger charge is -2.17. The van der Waals surface area contributed by atoms with Crippen molar-refractivity contribution in [2.75, 3.05) is 12.3 Å². The van der Waals surface area contributed by atoms with Gasteiger partial charge in [-0.25, -0.2) is 8.42 Å². The minimum atomic E-state index is -3.44. The van der Waals surface area contributed by atoms with E-state index in [2.05, 4.69) is 10.0 Å². The van der Waals surface area contributed by atoms with Gasteiger partial charge in [-0.2, -0.15) is 0 Å². The van der Waals surface area contributed by atoms with Gasteiger partial charge in [0, 0.05) is 0 Å². The van der Waals surface area contributed by atoms with Crippen LogP contribution in [-0.2, 0) is 14.8 Å². The third-order valence-corrected chi connectivity index (χ3v) is 5.22. The van der Waals surface area contributed by atoms with E-state index in [4.69, 9.17) is 0 Å². The van der Waals surface area contributed by atoms with Gasteiger partial charge in [0.25, 0.3) is 5.91 Å². The van der Waals surface area contributed by atoms with Crippen LogP contribution in [-0.4, -0.2) is 32.7 Å². The monoisotopic (exact) mass is 260 g/mol. The lowest BCUT2D eigenvalue weighted by Crippen LogP contribution is -2.46. The maximum absolute atomic E-state index is 11.9. The average Bonchev–Trinajstić information content (AvgIpc) is 2.75. The molecule has 2 N–H and O–H groups in total. The molecule has 1 aliphatic carbocycles. The Hall–Kier alpha value is -0.620. The van der Waals surface area contributed by atoms with E-state index in [1.54, 1.807) is 6.92 Å². The van der Waals surface area contributed by atoms with Gasteiger partial charge in [-0.1, -0.05) is 13.3 Å². The highest BCUT2D eigenvalue weighted by Gasteiger charge is 2.43. The SMILES string of the molecule is CCCS(=O)(=O)NC(=O)C1NCC2CCCC21. The Bertz CT molecular complexity index is 394. The van der Waals surface area contributed by atoms with Crippen molar-refractivity contribution in [3.8, 4) is 0 Å². The molecular formula is C11H20N2O3S. The Morgan fingerprint density at radius 1 is 1.41 bits per heavy atom. The molecule has 17 heavy (non-hydrogen) atoms. The highest BCUT2D eigenvalue weighted by atomic mass is 32.2. The molecule has 1 saturated carbocycles. The Morgan fingerprint density at radius 3 is 2.88 bits per heavy atom. The average molecular weight is 260 g/mol.